The summed E-state index contributed by atoms with van der Waals surface area (Å²) < 4.78 is 5.60. The molecule has 7 heteroatoms. The summed E-state index contributed by atoms with van der Waals surface area (Å²) in [5.74, 6) is -1.73. The Hall–Kier alpha value is -4.13. The molecule has 0 bridgehead atoms. The summed E-state index contributed by atoms with van der Waals surface area (Å²) in [5.41, 5.74) is 5.77. The van der Waals surface area contributed by atoms with Crippen LogP contribution in [-0.4, -0.2) is 35.7 Å². The molecule has 0 radical (unpaired) electrons. The SMILES string of the molecule is Cc1ccc(NC(=O)OCC2c3ccccc3-c3ccccc32)c(C(=O)NC(C(=O)O)C2CC2)c1. The van der Waals surface area contributed by atoms with Crippen LogP contribution in [0.15, 0.2) is 66.7 Å². The Kier molecular flexibility index (Phi) is 5.99. The number of carboxylic acids is 1. The van der Waals surface area contributed by atoms with Gasteiger partial charge in [0.05, 0.1) is 11.3 Å². The zero-order valence-electron chi connectivity index (χ0n) is 19.3. The molecule has 2 aliphatic carbocycles. The highest BCUT2D eigenvalue weighted by atomic mass is 16.5. The van der Waals surface area contributed by atoms with Gasteiger partial charge in [-0.3, -0.25) is 10.1 Å². The standard InChI is InChI=1S/C28H26N2O5/c1-16-10-13-24(22(14-16)26(31)30-25(27(32)33)17-11-12-17)29-28(34)35-15-23-20-8-4-2-6-18(20)19-7-3-5-9-21(19)23/h2-10,13-14,17,23,25H,11-12,15H2,1H3,(H,29,34)(H,30,31)(H,32,33). The van der Waals surface area contributed by atoms with E-state index >= 15 is 0 Å². The highest BCUT2D eigenvalue weighted by Crippen LogP contribution is 2.44. The van der Waals surface area contributed by atoms with Crippen molar-refractivity contribution in [1.29, 1.82) is 0 Å². The Morgan fingerprint density at radius 3 is 2.20 bits per heavy atom. The van der Waals surface area contributed by atoms with Crippen LogP contribution in [0.2, 0.25) is 0 Å². The van der Waals surface area contributed by atoms with Crippen LogP contribution in [0.1, 0.15) is 45.8 Å². The third kappa shape index (κ3) is 4.62. The van der Waals surface area contributed by atoms with E-state index in [4.69, 9.17) is 4.74 Å². The fourth-order valence-corrected chi connectivity index (χ4v) is 4.73. The fourth-order valence-electron chi connectivity index (χ4n) is 4.73. The number of carbonyl (C=O) groups excluding carboxylic acids is 2. The van der Waals surface area contributed by atoms with Gasteiger partial charge in [-0.25, -0.2) is 9.59 Å². The number of amides is 2. The van der Waals surface area contributed by atoms with E-state index in [1.807, 2.05) is 43.3 Å². The van der Waals surface area contributed by atoms with E-state index in [1.165, 1.54) is 0 Å². The van der Waals surface area contributed by atoms with Gasteiger partial charge in [-0.15, -0.1) is 0 Å². The van der Waals surface area contributed by atoms with Crippen LogP contribution >= 0.6 is 0 Å². The lowest BCUT2D eigenvalue weighted by Gasteiger charge is -2.17. The van der Waals surface area contributed by atoms with Crippen LogP contribution in [0.5, 0.6) is 0 Å². The second-order valence-corrected chi connectivity index (χ2v) is 9.13. The number of aliphatic carboxylic acids is 1. The van der Waals surface area contributed by atoms with Gasteiger partial charge in [-0.2, -0.15) is 0 Å². The highest BCUT2D eigenvalue weighted by molar-refractivity contribution is 6.04. The lowest BCUT2D eigenvalue weighted by Crippen LogP contribution is -2.42. The van der Waals surface area contributed by atoms with E-state index in [2.05, 4.69) is 22.8 Å². The zero-order chi connectivity index (χ0) is 24.5. The van der Waals surface area contributed by atoms with Gasteiger partial charge >= 0.3 is 12.1 Å². The van der Waals surface area contributed by atoms with Crippen molar-refractivity contribution in [2.75, 3.05) is 11.9 Å². The van der Waals surface area contributed by atoms with Crippen molar-refractivity contribution in [3.8, 4) is 11.1 Å². The molecule has 3 aromatic carbocycles. The molecule has 3 aromatic rings. The second-order valence-electron chi connectivity index (χ2n) is 9.13. The van der Waals surface area contributed by atoms with Crippen LogP contribution in [0.4, 0.5) is 10.5 Å². The first-order valence-electron chi connectivity index (χ1n) is 11.7. The molecule has 0 heterocycles. The van der Waals surface area contributed by atoms with E-state index in [0.717, 1.165) is 40.7 Å². The van der Waals surface area contributed by atoms with E-state index in [-0.39, 0.29) is 29.7 Å². The second kappa shape index (κ2) is 9.25. The van der Waals surface area contributed by atoms with Gasteiger partial charge in [-0.1, -0.05) is 60.2 Å². The predicted octanol–water partition coefficient (Wildman–Crippen LogP) is 4.95. The lowest BCUT2D eigenvalue weighted by atomic mass is 9.98. The third-order valence-corrected chi connectivity index (χ3v) is 6.65. The number of benzene rings is 3. The van der Waals surface area contributed by atoms with Gasteiger partial charge in [0.25, 0.3) is 5.91 Å². The van der Waals surface area contributed by atoms with Crippen molar-refractivity contribution in [3.05, 3.63) is 89.0 Å². The van der Waals surface area contributed by atoms with Gasteiger partial charge in [0.1, 0.15) is 12.6 Å². The molecule has 1 saturated carbocycles. The molecule has 2 amide bonds. The van der Waals surface area contributed by atoms with Crippen molar-refractivity contribution in [1.82, 2.24) is 5.32 Å². The highest BCUT2D eigenvalue weighted by Gasteiger charge is 2.37. The normalized spacial score (nSPS) is 15.0. The summed E-state index contributed by atoms with van der Waals surface area (Å²) in [5, 5.41) is 14.7. The monoisotopic (exact) mass is 470 g/mol. The van der Waals surface area contributed by atoms with E-state index in [1.54, 1.807) is 18.2 Å². The molecule has 5 rings (SSSR count). The van der Waals surface area contributed by atoms with Crippen molar-refractivity contribution >= 4 is 23.7 Å². The average Bonchev–Trinajstić information content (AvgIpc) is 3.64. The first-order chi connectivity index (χ1) is 16.9. The molecule has 35 heavy (non-hydrogen) atoms. The summed E-state index contributed by atoms with van der Waals surface area (Å²) in [6.45, 7) is 1.97. The number of anilines is 1. The summed E-state index contributed by atoms with van der Waals surface area (Å²) >= 11 is 0. The molecule has 1 unspecified atom stereocenters. The molecular formula is C28H26N2O5. The molecule has 1 atom stereocenters. The lowest BCUT2D eigenvalue weighted by molar-refractivity contribution is -0.139. The minimum atomic E-state index is -1.06. The number of fused-ring (bicyclic) bond motifs is 3. The van der Waals surface area contributed by atoms with E-state index in [0.29, 0.717) is 0 Å². The molecule has 0 saturated heterocycles. The summed E-state index contributed by atoms with van der Waals surface area (Å²) in [6.07, 6.45) is 0.869. The predicted molar refractivity (Wildman–Crippen MR) is 131 cm³/mol. The maximum Gasteiger partial charge on any atom is 0.411 e. The third-order valence-electron chi connectivity index (χ3n) is 6.65. The Morgan fingerprint density at radius 1 is 0.971 bits per heavy atom. The summed E-state index contributed by atoms with van der Waals surface area (Å²) in [6, 6.07) is 20.2. The number of aryl methyl sites for hydroxylation is 1. The molecule has 2 aliphatic rings. The van der Waals surface area contributed by atoms with Crippen LogP contribution in [0.3, 0.4) is 0 Å². The topological polar surface area (TPSA) is 105 Å². The molecule has 3 N–H and O–H groups in total. The smallest absolute Gasteiger partial charge is 0.411 e. The van der Waals surface area contributed by atoms with Gasteiger partial charge in [0, 0.05) is 5.92 Å². The van der Waals surface area contributed by atoms with Crippen molar-refractivity contribution in [3.63, 3.8) is 0 Å². The van der Waals surface area contributed by atoms with E-state index < -0.39 is 24.0 Å². The molecule has 1 fully saturated rings. The van der Waals surface area contributed by atoms with Crippen LogP contribution < -0.4 is 10.6 Å². The Morgan fingerprint density at radius 2 is 1.60 bits per heavy atom. The van der Waals surface area contributed by atoms with Crippen molar-refractivity contribution in [2.45, 2.75) is 31.7 Å². The van der Waals surface area contributed by atoms with Crippen molar-refractivity contribution in [2.24, 2.45) is 5.92 Å². The first kappa shape index (κ1) is 22.7. The largest absolute Gasteiger partial charge is 0.480 e. The van der Waals surface area contributed by atoms with E-state index in [9.17, 15) is 19.5 Å². The molecule has 178 valence electrons. The number of carbonyl (C=O) groups is 3. The fraction of sp³-hybridized carbons (Fsp3) is 0.250. The number of nitrogens with one attached hydrogen (secondary N) is 2. The van der Waals surface area contributed by atoms with Crippen LogP contribution in [0, 0.1) is 12.8 Å². The van der Waals surface area contributed by atoms with Crippen molar-refractivity contribution < 1.29 is 24.2 Å². The molecule has 0 aromatic heterocycles. The molecule has 0 spiro atoms. The zero-order valence-corrected chi connectivity index (χ0v) is 19.3. The summed E-state index contributed by atoms with van der Waals surface area (Å²) in [4.78, 5) is 37.2. The van der Waals surface area contributed by atoms with Gasteiger partial charge in [0.2, 0.25) is 0 Å². The maximum atomic E-state index is 12.9. The average molecular weight is 471 g/mol. The minimum absolute atomic E-state index is 0.0557. The summed E-state index contributed by atoms with van der Waals surface area (Å²) in [7, 11) is 0. The van der Waals surface area contributed by atoms with Crippen LogP contribution in [0.25, 0.3) is 11.1 Å². The maximum absolute atomic E-state index is 12.9. The molecule has 0 aliphatic heterocycles. The van der Waals surface area contributed by atoms with Gasteiger partial charge < -0.3 is 15.2 Å². The number of ether oxygens (including phenoxy) is 1. The number of carboxylic acid groups (broad SMARTS) is 1. The Labute approximate surface area is 203 Å². The Bertz CT molecular complexity index is 1270. The van der Waals surface area contributed by atoms with Gasteiger partial charge in [-0.05, 0) is 60.1 Å². The molecule has 7 nitrogen and oxygen atoms in total. The first-order valence-corrected chi connectivity index (χ1v) is 11.7. The minimum Gasteiger partial charge on any atom is -0.480 e. The number of rotatable bonds is 7. The van der Waals surface area contributed by atoms with Crippen LogP contribution in [-0.2, 0) is 9.53 Å². The number of hydrogen-bond donors (Lipinski definition) is 3. The Balaban J connectivity index is 1.29. The molecular weight excluding hydrogens is 444 g/mol. The quantitative estimate of drug-likeness (QED) is 0.453. The van der Waals surface area contributed by atoms with Gasteiger partial charge in [0.15, 0.2) is 0 Å². The number of hydrogen-bond acceptors (Lipinski definition) is 4.